The van der Waals surface area contributed by atoms with Crippen LogP contribution in [0.5, 0.6) is 0 Å². The highest BCUT2D eigenvalue weighted by atomic mass is 16.3. The molecule has 0 aromatic carbocycles. The number of aromatic nitrogens is 1. The number of aliphatic hydroxyl groups excluding tert-OH is 1. The number of pyridine rings is 1. The van der Waals surface area contributed by atoms with E-state index in [4.69, 9.17) is 0 Å². The number of hydrogen-bond donors (Lipinski definition) is 2. The molecule has 1 aromatic rings. The lowest BCUT2D eigenvalue weighted by atomic mass is 9.99. The molecule has 2 unspecified atom stereocenters. The monoisotopic (exact) mass is 248 g/mol. The Bertz CT molecular complexity index is 511. The molecule has 3 heterocycles. The largest absolute Gasteiger partial charge is 0.393 e. The van der Waals surface area contributed by atoms with E-state index in [-0.39, 0.29) is 35.2 Å². The second-order valence-corrected chi connectivity index (χ2v) is 5.14. The Kier molecular flexibility index (Phi) is 2.70. The van der Waals surface area contributed by atoms with Gasteiger partial charge in [-0.2, -0.15) is 0 Å². The Balaban J connectivity index is 1.90. The van der Waals surface area contributed by atoms with E-state index in [2.05, 4.69) is 4.98 Å². The van der Waals surface area contributed by atoms with E-state index in [0.717, 1.165) is 12.8 Å². The number of hydrogen-bond acceptors (Lipinski definition) is 3. The highest BCUT2D eigenvalue weighted by Gasteiger charge is 2.43. The van der Waals surface area contributed by atoms with Crippen LogP contribution < -0.4 is 5.56 Å². The number of rotatable bonds is 1. The number of aliphatic hydroxyl groups is 1. The smallest absolute Gasteiger partial charge is 0.260 e. The molecule has 2 atom stereocenters. The van der Waals surface area contributed by atoms with Crippen LogP contribution >= 0.6 is 0 Å². The number of carbonyl (C=O) groups is 1. The summed E-state index contributed by atoms with van der Waals surface area (Å²) in [6.45, 7) is 0. The lowest BCUT2D eigenvalue weighted by molar-refractivity contribution is 0.0285. The van der Waals surface area contributed by atoms with Gasteiger partial charge in [0, 0.05) is 18.3 Å². The molecule has 2 saturated heterocycles. The van der Waals surface area contributed by atoms with Crippen molar-refractivity contribution >= 4 is 5.91 Å². The van der Waals surface area contributed by atoms with Crippen LogP contribution in [0.1, 0.15) is 36.0 Å². The fourth-order valence-electron chi connectivity index (χ4n) is 3.21. The number of nitrogens with zero attached hydrogens (tertiary/aromatic N) is 1. The molecule has 2 N–H and O–H groups in total. The van der Waals surface area contributed by atoms with Crippen molar-refractivity contribution in [2.75, 3.05) is 0 Å². The Labute approximate surface area is 104 Å². The Morgan fingerprint density at radius 1 is 1.33 bits per heavy atom. The molecule has 2 fully saturated rings. The molecule has 0 saturated carbocycles. The van der Waals surface area contributed by atoms with Gasteiger partial charge in [0.15, 0.2) is 0 Å². The average Bonchev–Trinajstić information content (AvgIpc) is 2.61. The first kappa shape index (κ1) is 11.5. The molecule has 2 aliphatic heterocycles. The van der Waals surface area contributed by atoms with Crippen LogP contribution in [0.25, 0.3) is 0 Å². The van der Waals surface area contributed by atoms with Crippen molar-refractivity contribution in [3.05, 3.63) is 34.2 Å². The van der Waals surface area contributed by atoms with E-state index in [1.807, 2.05) is 0 Å². The molecule has 0 aliphatic carbocycles. The zero-order valence-corrected chi connectivity index (χ0v) is 10.0. The van der Waals surface area contributed by atoms with E-state index in [0.29, 0.717) is 12.8 Å². The zero-order valence-electron chi connectivity index (χ0n) is 10.0. The van der Waals surface area contributed by atoms with Crippen molar-refractivity contribution in [1.29, 1.82) is 0 Å². The summed E-state index contributed by atoms with van der Waals surface area (Å²) in [6.07, 6.45) is 4.34. The van der Waals surface area contributed by atoms with Gasteiger partial charge in [-0.05, 0) is 37.8 Å². The lowest BCUT2D eigenvalue weighted by Gasteiger charge is -2.37. The summed E-state index contributed by atoms with van der Waals surface area (Å²) in [4.78, 5) is 28.4. The fraction of sp³-hybridized carbons (Fsp3) is 0.538. The number of amides is 1. The van der Waals surface area contributed by atoms with Crippen molar-refractivity contribution in [1.82, 2.24) is 9.88 Å². The van der Waals surface area contributed by atoms with Crippen molar-refractivity contribution in [2.24, 2.45) is 0 Å². The Morgan fingerprint density at radius 3 is 2.61 bits per heavy atom. The topological polar surface area (TPSA) is 73.4 Å². The van der Waals surface area contributed by atoms with E-state index in [9.17, 15) is 14.7 Å². The summed E-state index contributed by atoms with van der Waals surface area (Å²) in [7, 11) is 0. The summed E-state index contributed by atoms with van der Waals surface area (Å²) in [5, 5.41) is 9.71. The summed E-state index contributed by atoms with van der Waals surface area (Å²) in [5.41, 5.74) is -0.140. The molecule has 3 rings (SSSR count). The minimum atomic E-state index is -0.340. The first-order valence-electron chi connectivity index (χ1n) is 6.35. The van der Waals surface area contributed by atoms with E-state index in [1.165, 1.54) is 6.20 Å². The molecule has 96 valence electrons. The summed E-state index contributed by atoms with van der Waals surface area (Å²) in [5.74, 6) is -0.198. The summed E-state index contributed by atoms with van der Waals surface area (Å²) >= 11 is 0. The van der Waals surface area contributed by atoms with Crippen LogP contribution in [-0.2, 0) is 0 Å². The molecule has 2 bridgehead atoms. The molecule has 1 amide bonds. The van der Waals surface area contributed by atoms with Gasteiger partial charge >= 0.3 is 0 Å². The van der Waals surface area contributed by atoms with Gasteiger partial charge in [0.2, 0.25) is 0 Å². The maximum Gasteiger partial charge on any atom is 0.260 e. The number of carbonyl (C=O) groups excluding carboxylic acids is 1. The number of piperidine rings is 1. The van der Waals surface area contributed by atoms with Crippen molar-refractivity contribution in [3.8, 4) is 0 Å². The molecule has 18 heavy (non-hydrogen) atoms. The minimum absolute atomic E-state index is 0.0888. The molecule has 1 aromatic heterocycles. The third-order valence-corrected chi connectivity index (χ3v) is 3.99. The van der Waals surface area contributed by atoms with Gasteiger partial charge in [-0.15, -0.1) is 0 Å². The molecule has 2 aliphatic rings. The van der Waals surface area contributed by atoms with Crippen molar-refractivity contribution in [3.63, 3.8) is 0 Å². The molecule has 5 nitrogen and oxygen atoms in total. The van der Waals surface area contributed by atoms with Crippen molar-refractivity contribution < 1.29 is 9.90 Å². The summed E-state index contributed by atoms with van der Waals surface area (Å²) in [6, 6.07) is 3.40. The van der Waals surface area contributed by atoms with Crippen LogP contribution in [0.15, 0.2) is 23.1 Å². The predicted octanol–water partition coefficient (Wildman–Crippen LogP) is 0.503. The van der Waals surface area contributed by atoms with Crippen LogP contribution in [0, 0.1) is 0 Å². The predicted molar refractivity (Wildman–Crippen MR) is 65.3 cm³/mol. The Hall–Kier alpha value is -1.62. The van der Waals surface area contributed by atoms with Gasteiger partial charge in [0.1, 0.15) is 5.56 Å². The third-order valence-electron chi connectivity index (χ3n) is 3.99. The number of nitrogens with one attached hydrogen (secondary N) is 1. The molecule has 0 radical (unpaired) electrons. The SMILES string of the molecule is O=C(c1ccc[nH]c1=O)N1C2CCC1CC(O)C2. The first-order chi connectivity index (χ1) is 8.66. The molecular formula is C13H16N2O3. The van der Waals surface area contributed by atoms with Crippen LogP contribution in [-0.4, -0.2) is 39.1 Å². The van der Waals surface area contributed by atoms with Crippen molar-refractivity contribution in [2.45, 2.75) is 43.9 Å². The number of H-pyrrole nitrogens is 1. The third kappa shape index (κ3) is 1.75. The van der Waals surface area contributed by atoms with Crippen LogP contribution in [0.2, 0.25) is 0 Å². The van der Waals surface area contributed by atoms with E-state index >= 15 is 0 Å². The van der Waals surface area contributed by atoms with E-state index < -0.39 is 0 Å². The Morgan fingerprint density at radius 2 is 2.00 bits per heavy atom. The van der Waals surface area contributed by atoms with Gasteiger partial charge in [-0.3, -0.25) is 9.59 Å². The average molecular weight is 248 g/mol. The molecular weight excluding hydrogens is 232 g/mol. The fourth-order valence-corrected chi connectivity index (χ4v) is 3.21. The second kappa shape index (κ2) is 4.24. The highest BCUT2D eigenvalue weighted by Crippen LogP contribution is 2.36. The normalized spacial score (nSPS) is 30.5. The maximum atomic E-state index is 12.4. The first-order valence-corrected chi connectivity index (χ1v) is 6.35. The quantitative estimate of drug-likeness (QED) is 0.760. The lowest BCUT2D eigenvalue weighted by Crippen LogP contribution is -2.49. The molecule has 0 spiro atoms. The van der Waals surface area contributed by atoms with Crippen LogP contribution in [0.4, 0.5) is 0 Å². The summed E-state index contributed by atoms with van der Waals surface area (Å²) < 4.78 is 0. The number of aromatic amines is 1. The maximum absolute atomic E-state index is 12.4. The zero-order chi connectivity index (χ0) is 12.7. The van der Waals surface area contributed by atoms with Gasteiger partial charge < -0.3 is 15.0 Å². The van der Waals surface area contributed by atoms with Crippen LogP contribution in [0.3, 0.4) is 0 Å². The standard InChI is InChI=1S/C13H16N2O3/c16-10-6-8-3-4-9(7-10)15(8)13(18)11-2-1-5-14-12(11)17/h1-2,5,8-10,16H,3-4,6-7H2,(H,14,17). The molecule has 5 heteroatoms. The van der Waals surface area contributed by atoms with Gasteiger partial charge in [0.05, 0.1) is 6.10 Å². The van der Waals surface area contributed by atoms with Gasteiger partial charge in [0.25, 0.3) is 11.5 Å². The van der Waals surface area contributed by atoms with E-state index in [1.54, 1.807) is 17.0 Å². The van der Waals surface area contributed by atoms with Gasteiger partial charge in [-0.1, -0.05) is 0 Å². The minimum Gasteiger partial charge on any atom is -0.393 e. The highest BCUT2D eigenvalue weighted by molar-refractivity contribution is 5.94. The second-order valence-electron chi connectivity index (χ2n) is 5.14. The number of fused-ring (bicyclic) bond motifs is 2. The van der Waals surface area contributed by atoms with Gasteiger partial charge in [-0.25, -0.2) is 0 Å².